The largest absolute Gasteiger partial charge is 0.467 e. The molecule has 0 spiro atoms. The van der Waals surface area contributed by atoms with Crippen molar-refractivity contribution in [2.24, 2.45) is 0 Å². The smallest absolute Gasteiger partial charge is 0.329 e. The van der Waals surface area contributed by atoms with E-state index in [2.05, 4.69) is 0 Å². The summed E-state index contributed by atoms with van der Waals surface area (Å²) in [4.78, 5) is 137. The van der Waals surface area contributed by atoms with Gasteiger partial charge in [-0.1, -0.05) is 36.4 Å². The molecule has 0 N–H and O–H groups in total. The van der Waals surface area contributed by atoms with E-state index in [0.29, 0.717) is 14.7 Å². The molecule has 282 valence electrons. The van der Waals surface area contributed by atoms with E-state index in [-0.39, 0.29) is 33.4 Å². The molecule has 0 saturated heterocycles. The molecule has 0 fully saturated rings. The molecule has 3 heterocycles. The first-order valence-electron chi connectivity index (χ1n) is 16.5. The molecule has 55 heavy (non-hydrogen) atoms. The number of esters is 3. The van der Waals surface area contributed by atoms with Gasteiger partial charge in [0.15, 0.2) is 0 Å². The Morgan fingerprint density at radius 2 is 0.709 bits per heavy atom. The Bertz CT molecular complexity index is 1890. The monoisotopic (exact) mass is 754 g/mol. The van der Waals surface area contributed by atoms with Crippen LogP contribution in [0.2, 0.25) is 0 Å². The Labute approximate surface area is 310 Å². The second kappa shape index (κ2) is 14.4. The second-order valence-electron chi connectivity index (χ2n) is 12.8. The number of hydrogen-bond acceptors (Lipinski definition) is 14. The molecule has 3 atom stereocenters. The maximum absolute atomic E-state index is 13.7. The number of amides is 6. The van der Waals surface area contributed by atoms with Gasteiger partial charge in [-0.3, -0.25) is 53.6 Å². The molecule has 6 amide bonds. The van der Waals surface area contributed by atoms with E-state index in [4.69, 9.17) is 14.2 Å². The zero-order valence-electron chi connectivity index (χ0n) is 29.3. The lowest BCUT2D eigenvalue weighted by molar-refractivity contribution is -0.576. The molecular weight excluding hydrogens is 724 g/mol. The molecule has 3 aromatic rings. The lowest BCUT2D eigenvalue weighted by atomic mass is 9.78. The Morgan fingerprint density at radius 1 is 0.509 bits per heavy atom. The summed E-state index contributed by atoms with van der Waals surface area (Å²) >= 11 is 0. The minimum atomic E-state index is -2.96. The lowest BCUT2D eigenvalue weighted by Gasteiger charge is -2.37. The number of carbonyl (C=O) groups is 9. The van der Waals surface area contributed by atoms with Gasteiger partial charge in [0, 0.05) is 24.2 Å². The van der Waals surface area contributed by atoms with Crippen molar-refractivity contribution in [3.63, 3.8) is 0 Å². The fraction of sp³-hybridized carbons (Fsp3) is 0.270. The summed E-state index contributed by atoms with van der Waals surface area (Å²) in [5, 5.41) is 13.7. The van der Waals surface area contributed by atoms with Gasteiger partial charge in [-0.2, -0.15) is 0 Å². The predicted octanol–water partition coefficient (Wildman–Crippen LogP) is 1.69. The van der Waals surface area contributed by atoms with Gasteiger partial charge in [-0.05, 0) is 36.4 Å². The molecule has 3 aromatic carbocycles. The van der Waals surface area contributed by atoms with E-state index < -0.39 is 101 Å². The highest BCUT2D eigenvalue weighted by molar-refractivity contribution is 6.24. The van der Waals surface area contributed by atoms with Gasteiger partial charge in [0.05, 0.1) is 54.7 Å². The number of fused-ring (bicyclic) bond motifs is 3. The highest BCUT2D eigenvalue weighted by Gasteiger charge is 2.60. The van der Waals surface area contributed by atoms with Crippen LogP contribution in [-0.4, -0.2) is 118 Å². The minimum absolute atomic E-state index is 0.148. The first-order chi connectivity index (χ1) is 26.2. The van der Waals surface area contributed by atoms with Crippen LogP contribution in [0.3, 0.4) is 0 Å². The Morgan fingerprint density at radius 3 is 0.873 bits per heavy atom. The third-order valence-corrected chi connectivity index (χ3v) is 9.94. The van der Waals surface area contributed by atoms with Gasteiger partial charge < -0.3 is 14.2 Å². The summed E-state index contributed by atoms with van der Waals surface area (Å²) in [7, 11) is 2.65. The van der Waals surface area contributed by atoms with Crippen molar-refractivity contribution in [3.8, 4) is 0 Å². The molecule has 3 aliphatic rings. The lowest BCUT2D eigenvalue weighted by Crippen LogP contribution is -2.59. The van der Waals surface area contributed by atoms with Crippen LogP contribution >= 0.6 is 0 Å². The van der Waals surface area contributed by atoms with Gasteiger partial charge >= 0.3 is 17.9 Å². The molecule has 18 nitrogen and oxygen atoms in total. The number of carbonyl (C=O) groups excluding carboxylic acids is 9. The molecule has 0 aliphatic carbocycles. The van der Waals surface area contributed by atoms with Gasteiger partial charge in [-0.15, -0.1) is 0 Å². The molecule has 0 bridgehead atoms. The van der Waals surface area contributed by atoms with E-state index in [1.165, 1.54) is 72.8 Å². The Balaban J connectivity index is 1.53. The number of imide groups is 3. The predicted molar refractivity (Wildman–Crippen MR) is 182 cm³/mol. The van der Waals surface area contributed by atoms with Crippen molar-refractivity contribution in [2.45, 2.75) is 42.9 Å². The molecule has 18 heteroatoms. The molecule has 6 rings (SSSR count). The molecule has 0 saturated carbocycles. The van der Waals surface area contributed by atoms with E-state index in [0.717, 1.165) is 21.3 Å². The summed E-state index contributed by atoms with van der Waals surface area (Å²) in [6.45, 7) is 0. The summed E-state index contributed by atoms with van der Waals surface area (Å²) < 4.78 is 14.8. The van der Waals surface area contributed by atoms with Crippen LogP contribution in [0.4, 0.5) is 0 Å². The topological polar surface area (TPSA) is 234 Å². The number of nitro groups is 1. The summed E-state index contributed by atoms with van der Waals surface area (Å²) in [6, 6.07) is 9.91. The maximum atomic E-state index is 13.7. The first-order valence-corrected chi connectivity index (χ1v) is 16.5. The van der Waals surface area contributed by atoms with Crippen molar-refractivity contribution in [2.75, 3.05) is 21.3 Å². The number of ether oxygens (including phenoxy) is 3. The van der Waals surface area contributed by atoms with Gasteiger partial charge in [0.1, 0.15) is 18.1 Å². The normalized spacial score (nSPS) is 17.3. The number of benzene rings is 3. The van der Waals surface area contributed by atoms with Gasteiger partial charge in [0.25, 0.3) is 35.4 Å². The summed E-state index contributed by atoms with van der Waals surface area (Å²) in [6.07, 6.45) is -3.69. The quantitative estimate of drug-likeness (QED) is 0.0794. The van der Waals surface area contributed by atoms with E-state index in [9.17, 15) is 53.3 Å². The SMILES string of the molecule is COC(=O)C(CC(CC(C(=O)OC)N1C(=O)c2ccccc2C1=O)(CC(C(=O)OC)N1C(=O)c2ccccc2C1=O)[N+](=O)[O-])N1C(=O)c2ccccc2C1=O. The molecule has 0 aromatic heterocycles. The fourth-order valence-corrected chi connectivity index (χ4v) is 7.27. The van der Waals surface area contributed by atoms with Crippen LogP contribution in [0.15, 0.2) is 72.8 Å². The molecule has 3 unspecified atom stereocenters. The number of nitrogens with zero attached hydrogens (tertiary/aromatic N) is 4. The van der Waals surface area contributed by atoms with Crippen LogP contribution in [0.25, 0.3) is 0 Å². The van der Waals surface area contributed by atoms with Gasteiger partial charge in [0.2, 0.25) is 5.54 Å². The van der Waals surface area contributed by atoms with Crippen molar-refractivity contribution < 1.29 is 62.3 Å². The second-order valence-corrected chi connectivity index (χ2v) is 12.8. The zero-order chi connectivity index (χ0) is 39.9. The Hall–Kier alpha value is -7.11. The Kier molecular flexibility index (Phi) is 9.84. The zero-order valence-corrected chi connectivity index (χ0v) is 29.3. The van der Waals surface area contributed by atoms with Crippen molar-refractivity contribution in [1.29, 1.82) is 0 Å². The van der Waals surface area contributed by atoms with E-state index >= 15 is 0 Å². The average molecular weight is 755 g/mol. The van der Waals surface area contributed by atoms with Crippen molar-refractivity contribution in [1.82, 2.24) is 14.7 Å². The van der Waals surface area contributed by atoms with Gasteiger partial charge in [-0.25, -0.2) is 14.4 Å². The van der Waals surface area contributed by atoms with Crippen LogP contribution < -0.4 is 0 Å². The molecule has 3 aliphatic heterocycles. The number of hydrogen-bond donors (Lipinski definition) is 0. The molecular formula is C37H30N4O14. The van der Waals surface area contributed by atoms with E-state index in [1.54, 1.807) is 0 Å². The first kappa shape index (κ1) is 37.6. The average Bonchev–Trinajstić information content (AvgIpc) is 3.71. The highest BCUT2D eigenvalue weighted by Crippen LogP contribution is 2.39. The van der Waals surface area contributed by atoms with Crippen LogP contribution in [0, 0.1) is 10.1 Å². The maximum Gasteiger partial charge on any atom is 0.329 e. The van der Waals surface area contributed by atoms with Crippen molar-refractivity contribution in [3.05, 3.63) is 116 Å². The third-order valence-electron chi connectivity index (χ3n) is 9.94. The number of methoxy groups -OCH3 is 3. The number of rotatable bonds is 13. The van der Waals surface area contributed by atoms with Crippen molar-refractivity contribution >= 4 is 53.4 Å². The van der Waals surface area contributed by atoms with E-state index in [1.807, 2.05) is 0 Å². The molecule has 0 radical (unpaired) electrons. The summed E-state index contributed by atoms with van der Waals surface area (Å²) in [5.41, 5.74) is -3.85. The summed E-state index contributed by atoms with van der Waals surface area (Å²) in [5.74, 6) is -10.3. The standard InChI is InChI=1S/C37H30N4O14/c1-53-34(48)25(38-28(42)19-10-4-5-11-20(19)29(38)43)16-37(41(51)52,17-26(35(49)54-2)39-30(44)21-12-6-7-13-22(21)31(39)45)18-27(36(50)55-3)40-32(46)23-14-8-9-15-24(23)33(40)47/h4-15,25-27H,16-18H2,1-3H3. The third kappa shape index (κ3) is 6.06. The minimum Gasteiger partial charge on any atom is -0.467 e. The van der Waals surface area contributed by atoms with Crippen LogP contribution in [0.5, 0.6) is 0 Å². The fourth-order valence-electron chi connectivity index (χ4n) is 7.27. The van der Waals surface area contributed by atoms with Crippen LogP contribution in [0.1, 0.15) is 81.4 Å². The van der Waals surface area contributed by atoms with Crippen LogP contribution in [-0.2, 0) is 28.6 Å². The highest BCUT2D eigenvalue weighted by atomic mass is 16.6.